The Morgan fingerprint density at radius 3 is 2.40 bits per heavy atom. The predicted molar refractivity (Wildman–Crippen MR) is 89.4 cm³/mol. The number of hydrogen-bond acceptors (Lipinski definition) is 7. The number of carbonyl (C=O) groups is 2. The Hall–Kier alpha value is -2.90. The van der Waals surface area contributed by atoms with Gasteiger partial charge in [-0.15, -0.1) is 0 Å². The highest BCUT2D eigenvalue weighted by molar-refractivity contribution is 5.72. The summed E-state index contributed by atoms with van der Waals surface area (Å²) < 4.78 is 15.0. The van der Waals surface area contributed by atoms with Crippen LogP contribution in [0.15, 0.2) is 30.5 Å². The van der Waals surface area contributed by atoms with E-state index in [0.717, 1.165) is 6.20 Å². The van der Waals surface area contributed by atoms with Crippen molar-refractivity contribution >= 4 is 18.0 Å². The van der Waals surface area contributed by atoms with Crippen molar-refractivity contribution in [1.82, 2.24) is 0 Å². The maximum Gasteiger partial charge on any atom is 0.305 e. The van der Waals surface area contributed by atoms with Gasteiger partial charge in [0.15, 0.2) is 0 Å². The smallest absolute Gasteiger partial charge is 0.305 e. The van der Waals surface area contributed by atoms with Gasteiger partial charge in [0, 0.05) is 25.3 Å². The Balaban J connectivity index is 2.14. The van der Waals surface area contributed by atoms with Crippen LogP contribution in [0.1, 0.15) is 31.2 Å². The van der Waals surface area contributed by atoms with Gasteiger partial charge < -0.3 is 14.2 Å². The first kappa shape index (κ1) is 20.1. The van der Waals surface area contributed by atoms with Crippen LogP contribution in [0.2, 0.25) is 0 Å². The number of ether oxygens (including phenoxy) is 3. The fourth-order valence-electron chi connectivity index (χ4n) is 1.81. The van der Waals surface area contributed by atoms with Crippen LogP contribution in [0.25, 0.3) is 6.08 Å². The lowest BCUT2D eigenvalue weighted by atomic mass is 10.2. The average Bonchev–Trinajstić information content (AvgIpc) is 2.60. The van der Waals surface area contributed by atoms with Crippen molar-refractivity contribution in [1.29, 1.82) is 0 Å². The number of hydrogen-bond donors (Lipinski definition) is 0. The van der Waals surface area contributed by atoms with Crippen LogP contribution in [-0.4, -0.2) is 37.2 Å². The number of nitro groups is 1. The maximum absolute atomic E-state index is 11.4. The summed E-state index contributed by atoms with van der Waals surface area (Å²) in [4.78, 5) is 32.0. The Morgan fingerprint density at radius 2 is 1.76 bits per heavy atom. The van der Waals surface area contributed by atoms with E-state index in [1.807, 2.05) is 0 Å². The van der Waals surface area contributed by atoms with Crippen molar-refractivity contribution in [3.8, 4) is 5.75 Å². The molecule has 25 heavy (non-hydrogen) atoms. The molecule has 8 heteroatoms. The van der Waals surface area contributed by atoms with Gasteiger partial charge in [0.05, 0.1) is 25.2 Å². The molecule has 0 saturated carbocycles. The molecule has 0 aliphatic heterocycles. The SMILES string of the molecule is COC(=O)CCCC(=O)OCCCOc1ccc(/C=C/[N+](=O)[O-])cc1. The zero-order valence-corrected chi connectivity index (χ0v) is 14.0. The molecular weight excluding hydrogens is 330 g/mol. The largest absolute Gasteiger partial charge is 0.493 e. The quantitative estimate of drug-likeness (QED) is 0.261. The predicted octanol–water partition coefficient (Wildman–Crippen LogP) is 2.59. The fourth-order valence-corrected chi connectivity index (χ4v) is 1.81. The molecule has 0 N–H and O–H groups in total. The van der Waals surface area contributed by atoms with E-state index in [2.05, 4.69) is 4.74 Å². The van der Waals surface area contributed by atoms with Crippen LogP contribution in [0.5, 0.6) is 5.75 Å². The van der Waals surface area contributed by atoms with E-state index in [0.29, 0.717) is 30.8 Å². The summed E-state index contributed by atoms with van der Waals surface area (Å²) >= 11 is 0. The summed E-state index contributed by atoms with van der Waals surface area (Å²) in [7, 11) is 1.30. The van der Waals surface area contributed by atoms with Crippen LogP contribution in [0, 0.1) is 10.1 Å². The highest BCUT2D eigenvalue weighted by Crippen LogP contribution is 2.13. The molecule has 0 aromatic heterocycles. The molecule has 0 saturated heterocycles. The summed E-state index contributed by atoms with van der Waals surface area (Å²) in [6.45, 7) is 0.611. The molecule has 136 valence electrons. The molecule has 0 aliphatic carbocycles. The number of esters is 2. The van der Waals surface area contributed by atoms with Crippen LogP contribution < -0.4 is 4.74 Å². The minimum Gasteiger partial charge on any atom is -0.493 e. The van der Waals surface area contributed by atoms with Gasteiger partial charge in [0.25, 0.3) is 0 Å². The normalized spacial score (nSPS) is 10.4. The van der Waals surface area contributed by atoms with E-state index >= 15 is 0 Å². The zero-order chi connectivity index (χ0) is 18.5. The van der Waals surface area contributed by atoms with Gasteiger partial charge in [0.2, 0.25) is 6.20 Å². The second-order valence-electron chi connectivity index (χ2n) is 5.02. The van der Waals surface area contributed by atoms with Crippen LogP contribution in [0.3, 0.4) is 0 Å². The molecule has 0 atom stereocenters. The lowest BCUT2D eigenvalue weighted by Gasteiger charge is -2.07. The molecule has 0 fully saturated rings. The first-order valence-corrected chi connectivity index (χ1v) is 7.78. The topological polar surface area (TPSA) is 105 Å². The number of carbonyl (C=O) groups excluding carboxylic acids is 2. The molecule has 1 aromatic carbocycles. The third-order valence-electron chi connectivity index (χ3n) is 3.08. The van der Waals surface area contributed by atoms with Gasteiger partial charge >= 0.3 is 11.9 Å². The molecule has 0 unspecified atom stereocenters. The lowest BCUT2D eigenvalue weighted by molar-refractivity contribution is -0.400. The van der Waals surface area contributed by atoms with E-state index in [4.69, 9.17) is 9.47 Å². The Bertz CT molecular complexity index is 596. The van der Waals surface area contributed by atoms with E-state index in [-0.39, 0.29) is 31.4 Å². The maximum atomic E-state index is 11.4. The van der Waals surface area contributed by atoms with Crippen molar-refractivity contribution in [3.63, 3.8) is 0 Å². The van der Waals surface area contributed by atoms with Crippen LogP contribution in [0.4, 0.5) is 0 Å². The van der Waals surface area contributed by atoms with Gasteiger partial charge in [-0.25, -0.2) is 0 Å². The van der Waals surface area contributed by atoms with E-state index in [1.165, 1.54) is 13.2 Å². The highest BCUT2D eigenvalue weighted by Gasteiger charge is 2.06. The molecular formula is C17H21NO7. The lowest BCUT2D eigenvalue weighted by Crippen LogP contribution is -2.10. The molecule has 0 radical (unpaired) electrons. The van der Waals surface area contributed by atoms with Crippen molar-refractivity contribution in [2.75, 3.05) is 20.3 Å². The van der Waals surface area contributed by atoms with Gasteiger partial charge in [-0.2, -0.15) is 0 Å². The second-order valence-corrected chi connectivity index (χ2v) is 5.02. The minimum atomic E-state index is -0.527. The molecule has 1 aromatic rings. The van der Waals surface area contributed by atoms with Crippen molar-refractivity contribution in [2.24, 2.45) is 0 Å². The van der Waals surface area contributed by atoms with Gasteiger partial charge in [-0.05, 0) is 24.1 Å². The number of methoxy groups -OCH3 is 1. The first-order valence-electron chi connectivity index (χ1n) is 7.78. The van der Waals surface area contributed by atoms with Crippen molar-refractivity contribution in [2.45, 2.75) is 25.7 Å². The molecule has 8 nitrogen and oxygen atoms in total. The van der Waals surface area contributed by atoms with Crippen molar-refractivity contribution in [3.05, 3.63) is 46.1 Å². The van der Waals surface area contributed by atoms with Gasteiger partial charge in [-0.3, -0.25) is 19.7 Å². The van der Waals surface area contributed by atoms with Crippen molar-refractivity contribution < 1.29 is 28.7 Å². The number of nitrogens with zero attached hydrogens (tertiary/aromatic N) is 1. The summed E-state index contributed by atoms with van der Waals surface area (Å²) in [6.07, 6.45) is 3.57. The Morgan fingerprint density at radius 1 is 1.08 bits per heavy atom. The molecule has 0 aliphatic rings. The monoisotopic (exact) mass is 351 g/mol. The zero-order valence-electron chi connectivity index (χ0n) is 14.0. The highest BCUT2D eigenvalue weighted by atomic mass is 16.6. The molecule has 0 heterocycles. The fraction of sp³-hybridized carbons (Fsp3) is 0.412. The van der Waals surface area contributed by atoms with Crippen LogP contribution >= 0.6 is 0 Å². The second kappa shape index (κ2) is 11.6. The first-order chi connectivity index (χ1) is 12.0. The summed E-state index contributed by atoms with van der Waals surface area (Å²) in [6, 6.07) is 6.82. The Kier molecular flexibility index (Phi) is 9.35. The van der Waals surface area contributed by atoms with E-state index in [1.54, 1.807) is 24.3 Å². The number of rotatable bonds is 11. The third-order valence-corrected chi connectivity index (χ3v) is 3.08. The molecule has 0 bridgehead atoms. The van der Waals surface area contributed by atoms with Gasteiger partial charge in [-0.1, -0.05) is 12.1 Å². The summed E-state index contributed by atoms with van der Waals surface area (Å²) in [5, 5.41) is 10.2. The number of benzene rings is 1. The minimum absolute atomic E-state index is 0.176. The van der Waals surface area contributed by atoms with Crippen LogP contribution in [-0.2, 0) is 19.1 Å². The summed E-state index contributed by atoms with van der Waals surface area (Å²) in [5.41, 5.74) is 0.699. The van der Waals surface area contributed by atoms with E-state index < -0.39 is 4.92 Å². The Labute approximate surface area is 145 Å². The standard InChI is InChI=1S/C17H21NO7/c1-23-16(19)4-2-5-17(20)25-13-3-12-24-15-8-6-14(7-9-15)10-11-18(21)22/h6-11H,2-5,12-13H2,1H3/b11-10+. The molecule has 0 amide bonds. The molecule has 1 rings (SSSR count). The van der Waals surface area contributed by atoms with E-state index in [9.17, 15) is 19.7 Å². The summed E-state index contributed by atoms with van der Waals surface area (Å²) in [5.74, 6) is -0.0745. The van der Waals surface area contributed by atoms with Gasteiger partial charge in [0.1, 0.15) is 5.75 Å². The third kappa shape index (κ3) is 9.75. The molecule has 0 spiro atoms. The average molecular weight is 351 g/mol.